The first kappa shape index (κ1) is 12.0. The van der Waals surface area contributed by atoms with E-state index in [1.165, 1.54) is 13.0 Å². The van der Waals surface area contributed by atoms with Crippen molar-refractivity contribution in [1.29, 1.82) is 0 Å². The summed E-state index contributed by atoms with van der Waals surface area (Å²) in [6.07, 6.45) is 0. The van der Waals surface area contributed by atoms with Crippen LogP contribution in [0.1, 0.15) is 17.3 Å². The summed E-state index contributed by atoms with van der Waals surface area (Å²) in [6, 6.07) is 6.36. The molecule has 0 aliphatic rings. The van der Waals surface area contributed by atoms with E-state index in [0.29, 0.717) is 5.69 Å². The number of carbonyl (C=O) groups is 2. The zero-order chi connectivity index (χ0) is 11.1. The zero-order valence-corrected chi connectivity index (χ0v) is 7.73. The van der Waals surface area contributed by atoms with Gasteiger partial charge < -0.3 is 16.6 Å². The van der Waals surface area contributed by atoms with Crippen LogP contribution in [0.5, 0.6) is 0 Å². The summed E-state index contributed by atoms with van der Waals surface area (Å²) < 4.78 is 0. The van der Waals surface area contributed by atoms with Gasteiger partial charge in [0.1, 0.15) is 0 Å². The Hall–Kier alpha value is -2.04. The molecule has 1 rings (SSSR count). The van der Waals surface area contributed by atoms with Gasteiger partial charge in [-0.1, -0.05) is 12.1 Å². The first-order valence-corrected chi connectivity index (χ1v) is 3.79. The summed E-state index contributed by atoms with van der Waals surface area (Å²) in [6.45, 7) is 1.31. The molecule has 0 radical (unpaired) electrons. The predicted octanol–water partition coefficient (Wildman–Crippen LogP) is 0.459. The molecule has 0 saturated carbocycles. The molecule has 0 fully saturated rings. The third-order valence-corrected chi connectivity index (χ3v) is 1.19. The molecule has 0 aliphatic heterocycles. The summed E-state index contributed by atoms with van der Waals surface area (Å²) >= 11 is 0. The summed E-state index contributed by atoms with van der Waals surface area (Å²) in [4.78, 5) is 19.6. The smallest absolute Gasteiger partial charge is 0.337 e. The monoisotopic (exact) mass is 196 g/mol. The van der Waals surface area contributed by atoms with E-state index < -0.39 is 5.97 Å². The van der Waals surface area contributed by atoms with Gasteiger partial charge in [0.05, 0.1) is 5.56 Å². The molecule has 0 heterocycles. The lowest BCUT2D eigenvalue weighted by Gasteiger charge is -1.96. The van der Waals surface area contributed by atoms with E-state index in [-0.39, 0.29) is 11.5 Å². The van der Waals surface area contributed by atoms with Crippen LogP contribution in [-0.2, 0) is 4.79 Å². The Kier molecular flexibility index (Phi) is 4.77. The van der Waals surface area contributed by atoms with E-state index in [1.807, 2.05) is 0 Å². The van der Waals surface area contributed by atoms with E-state index in [4.69, 9.17) is 10.8 Å². The van der Waals surface area contributed by atoms with Crippen molar-refractivity contribution >= 4 is 17.6 Å². The van der Waals surface area contributed by atoms with Crippen LogP contribution in [0.15, 0.2) is 24.3 Å². The fraction of sp³-hybridized carbons (Fsp3) is 0.111. The van der Waals surface area contributed by atoms with Crippen molar-refractivity contribution < 1.29 is 14.7 Å². The number of primary amides is 1. The highest BCUT2D eigenvalue weighted by Gasteiger charge is 2.03. The Bertz CT molecular complexity index is 333. The number of hydrogen-bond donors (Lipinski definition) is 3. The van der Waals surface area contributed by atoms with Gasteiger partial charge in [0.15, 0.2) is 0 Å². The van der Waals surface area contributed by atoms with E-state index >= 15 is 0 Å². The number of carboxylic acids is 1. The molecular formula is C9H12N2O3. The van der Waals surface area contributed by atoms with E-state index in [1.54, 1.807) is 18.2 Å². The fourth-order valence-electron chi connectivity index (χ4n) is 0.692. The Morgan fingerprint density at radius 1 is 1.29 bits per heavy atom. The molecule has 0 spiro atoms. The van der Waals surface area contributed by atoms with Crippen LogP contribution in [-0.4, -0.2) is 17.0 Å². The fourth-order valence-corrected chi connectivity index (χ4v) is 0.692. The lowest BCUT2D eigenvalue weighted by atomic mass is 10.2. The normalized spacial score (nSPS) is 8.36. The third-order valence-electron chi connectivity index (χ3n) is 1.19. The summed E-state index contributed by atoms with van der Waals surface area (Å²) in [5, 5.41) is 8.49. The maximum absolute atomic E-state index is 10.3. The second-order valence-corrected chi connectivity index (χ2v) is 2.50. The van der Waals surface area contributed by atoms with Crippen LogP contribution >= 0.6 is 0 Å². The largest absolute Gasteiger partial charge is 0.478 e. The van der Waals surface area contributed by atoms with Gasteiger partial charge in [-0.15, -0.1) is 0 Å². The van der Waals surface area contributed by atoms with Gasteiger partial charge >= 0.3 is 5.97 Å². The molecule has 5 heteroatoms. The molecule has 5 nitrogen and oxygen atoms in total. The standard InChI is InChI=1S/C7H7NO2.C2H5NO/c8-6-4-2-1-3-5(6)7(9)10;1-2(3)4/h1-4H,8H2,(H,9,10);1H3,(H2,3,4). The van der Waals surface area contributed by atoms with Crippen LogP contribution in [0.4, 0.5) is 5.69 Å². The minimum Gasteiger partial charge on any atom is -0.478 e. The van der Waals surface area contributed by atoms with Gasteiger partial charge in [-0.05, 0) is 12.1 Å². The second-order valence-electron chi connectivity index (χ2n) is 2.50. The third kappa shape index (κ3) is 4.76. The first-order chi connectivity index (χ1) is 6.45. The minimum atomic E-state index is -0.988. The number of carbonyl (C=O) groups excluding carboxylic acids is 1. The Labute approximate surface area is 81.3 Å². The lowest BCUT2D eigenvalue weighted by molar-refractivity contribution is -0.115. The highest BCUT2D eigenvalue weighted by Crippen LogP contribution is 2.08. The van der Waals surface area contributed by atoms with Crippen molar-refractivity contribution in [1.82, 2.24) is 0 Å². The summed E-state index contributed by atoms with van der Waals surface area (Å²) in [5.74, 6) is -1.32. The van der Waals surface area contributed by atoms with E-state index in [2.05, 4.69) is 5.73 Å². The average molecular weight is 196 g/mol. The van der Waals surface area contributed by atoms with E-state index in [0.717, 1.165) is 0 Å². The average Bonchev–Trinajstić information content (AvgIpc) is 2.03. The Morgan fingerprint density at radius 3 is 2.00 bits per heavy atom. The van der Waals surface area contributed by atoms with E-state index in [9.17, 15) is 9.59 Å². The second kappa shape index (κ2) is 5.58. The molecule has 0 atom stereocenters. The van der Waals surface area contributed by atoms with Crippen molar-refractivity contribution in [3.05, 3.63) is 29.8 Å². The summed E-state index contributed by atoms with van der Waals surface area (Å²) in [5.41, 5.74) is 10.3. The van der Waals surface area contributed by atoms with Crippen LogP contribution < -0.4 is 11.5 Å². The number of nitrogen functional groups attached to an aromatic ring is 1. The number of anilines is 1. The van der Waals surface area contributed by atoms with Crippen LogP contribution in [0.3, 0.4) is 0 Å². The van der Waals surface area contributed by atoms with Crippen LogP contribution in [0, 0.1) is 0 Å². The molecule has 0 aliphatic carbocycles. The van der Waals surface area contributed by atoms with Gasteiger partial charge in [-0.2, -0.15) is 0 Å². The molecule has 5 N–H and O–H groups in total. The topological polar surface area (TPSA) is 106 Å². The number of hydrogen-bond acceptors (Lipinski definition) is 3. The van der Waals surface area contributed by atoms with Gasteiger partial charge in [-0.25, -0.2) is 4.79 Å². The molecule has 1 aromatic carbocycles. The molecule has 0 unspecified atom stereocenters. The molecule has 76 valence electrons. The molecule has 1 amide bonds. The predicted molar refractivity (Wildman–Crippen MR) is 52.7 cm³/mol. The van der Waals surface area contributed by atoms with Gasteiger partial charge in [-0.3, -0.25) is 4.79 Å². The highest BCUT2D eigenvalue weighted by molar-refractivity contribution is 5.93. The van der Waals surface area contributed by atoms with Crippen molar-refractivity contribution in [2.45, 2.75) is 6.92 Å². The number of benzene rings is 1. The minimum absolute atomic E-state index is 0.155. The highest BCUT2D eigenvalue weighted by atomic mass is 16.4. The number of rotatable bonds is 1. The van der Waals surface area contributed by atoms with Crippen molar-refractivity contribution in [3.8, 4) is 0 Å². The quantitative estimate of drug-likeness (QED) is 0.567. The van der Waals surface area contributed by atoms with Crippen LogP contribution in [0.25, 0.3) is 0 Å². The maximum atomic E-state index is 10.3. The van der Waals surface area contributed by atoms with Crippen molar-refractivity contribution in [2.75, 3.05) is 5.73 Å². The zero-order valence-electron chi connectivity index (χ0n) is 7.73. The van der Waals surface area contributed by atoms with Crippen molar-refractivity contribution in [3.63, 3.8) is 0 Å². The molecule has 0 bridgehead atoms. The van der Waals surface area contributed by atoms with Gasteiger partial charge in [0, 0.05) is 12.6 Å². The molecule has 1 aromatic rings. The van der Waals surface area contributed by atoms with Gasteiger partial charge in [0.2, 0.25) is 5.91 Å². The molecular weight excluding hydrogens is 184 g/mol. The van der Waals surface area contributed by atoms with Gasteiger partial charge in [0.25, 0.3) is 0 Å². The van der Waals surface area contributed by atoms with Crippen LogP contribution in [0.2, 0.25) is 0 Å². The summed E-state index contributed by atoms with van der Waals surface area (Å²) in [7, 11) is 0. The number of nitrogens with two attached hydrogens (primary N) is 2. The number of carboxylic acid groups (broad SMARTS) is 1. The molecule has 0 saturated heterocycles. The SMILES string of the molecule is CC(N)=O.Nc1ccccc1C(=O)O. The Morgan fingerprint density at radius 2 is 1.71 bits per heavy atom. The molecule has 14 heavy (non-hydrogen) atoms. The number of para-hydroxylation sites is 1. The number of amides is 1. The lowest BCUT2D eigenvalue weighted by Crippen LogP contribution is -2.01. The maximum Gasteiger partial charge on any atom is 0.337 e. The molecule has 0 aromatic heterocycles. The number of aromatic carboxylic acids is 1. The van der Waals surface area contributed by atoms with Crippen molar-refractivity contribution in [2.24, 2.45) is 5.73 Å². The first-order valence-electron chi connectivity index (χ1n) is 3.79. The Balaban J connectivity index is 0.000000364.